The molecule has 0 aliphatic heterocycles. The second-order valence-corrected chi connectivity index (χ2v) is 3.50. The van der Waals surface area contributed by atoms with Gasteiger partial charge in [0.15, 0.2) is 6.47 Å². The van der Waals surface area contributed by atoms with E-state index in [4.69, 9.17) is 0 Å². The van der Waals surface area contributed by atoms with Gasteiger partial charge in [0, 0.05) is 10.1 Å². The summed E-state index contributed by atoms with van der Waals surface area (Å²) in [5.74, 6) is 0. The number of nitrogens with zero attached hydrogens (tertiary/aromatic N) is 1. The molecule has 0 heterocycles. The average molecular weight is 255 g/mol. The molecule has 0 aliphatic carbocycles. The Morgan fingerprint density at radius 2 is 2.40 bits per heavy atom. The third-order valence-corrected chi connectivity index (χ3v) is 3.05. The predicted octanol–water partition coefficient (Wildman–Crippen LogP) is 3.10. The Kier molecular flexibility index (Phi) is 5.87. The second-order valence-electron chi connectivity index (χ2n) is 2.00. The molecule has 1 atom stereocenters. The highest BCUT2D eigenvalue weighted by atomic mass is 127. The van der Waals surface area contributed by atoms with Crippen molar-refractivity contribution >= 4 is 29.1 Å². The van der Waals surface area contributed by atoms with Crippen molar-refractivity contribution in [2.75, 3.05) is 0 Å². The van der Waals surface area contributed by atoms with Gasteiger partial charge in [0.05, 0.1) is 0 Å². The highest BCUT2D eigenvalue weighted by Gasteiger charge is 2.00. The van der Waals surface area contributed by atoms with Gasteiger partial charge in [-0.2, -0.15) is 4.39 Å². The third kappa shape index (κ3) is 3.98. The largest absolute Gasteiger partial charge is 0.235 e. The maximum absolute atomic E-state index is 11.4. The Balaban J connectivity index is 3.91. The summed E-state index contributed by atoms with van der Waals surface area (Å²) >= 11 is 2.31. The number of allylic oxidation sites excluding steroid dienone is 1. The van der Waals surface area contributed by atoms with Crippen LogP contribution < -0.4 is 0 Å². The fourth-order valence-electron chi connectivity index (χ4n) is 0.549. The standard InChI is InChI=1S/C7H11FIN/c1-3-7(9)6(2)4-10-5-8/h4-5,7H,3H2,1-2H3/b6-4-,10-5?. The first-order valence-corrected chi connectivity index (χ1v) is 4.39. The summed E-state index contributed by atoms with van der Waals surface area (Å²) in [6.07, 6.45) is 2.62. The zero-order valence-corrected chi connectivity index (χ0v) is 8.30. The van der Waals surface area contributed by atoms with E-state index < -0.39 is 0 Å². The Morgan fingerprint density at radius 1 is 1.80 bits per heavy atom. The molecule has 0 saturated carbocycles. The number of hydrogen-bond donors (Lipinski definition) is 0. The molecule has 0 fully saturated rings. The van der Waals surface area contributed by atoms with Crippen molar-refractivity contribution in [3.8, 4) is 0 Å². The van der Waals surface area contributed by atoms with Gasteiger partial charge in [-0.15, -0.1) is 0 Å². The van der Waals surface area contributed by atoms with E-state index >= 15 is 0 Å². The minimum atomic E-state index is 0.308. The number of rotatable bonds is 3. The summed E-state index contributed by atoms with van der Waals surface area (Å²) in [5, 5.41) is 0. The van der Waals surface area contributed by atoms with Crippen molar-refractivity contribution < 1.29 is 4.39 Å². The Bertz CT molecular complexity index is 143. The van der Waals surface area contributed by atoms with Crippen molar-refractivity contribution in [2.24, 2.45) is 4.99 Å². The normalized spacial score (nSPS) is 16.2. The van der Waals surface area contributed by atoms with E-state index in [1.54, 1.807) is 6.20 Å². The molecule has 58 valence electrons. The summed E-state index contributed by atoms with van der Waals surface area (Å²) in [5.41, 5.74) is 1.11. The van der Waals surface area contributed by atoms with Crippen molar-refractivity contribution in [2.45, 2.75) is 24.2 Å². The quantitative estimate of drug-likeness (QED) is 0.417. The van der Waals surface area contributed by atoms with E-state index in [1.165, 1.54) is 0 Å². The molecule has 1 unspecified atom stereocenters. The van der Waals surface area contributed by atoms with E-state index in [2.05, 4.69) is 34.5 Å². The molecular formula is C7H11FIN. The SMILES string of the molecule is CCC(I)/C(C)=C\N=CF. The van der Waals surface area contributed by atoms with Gasteiger partial charge in [-0.1, -0.05) is 29.5 Å². The van der Waals surface area contributed by atoms with Gasteiger partial charge in [0.2, 0.25) is 0 Å². The molecular weight excluding hydrogens is 244 g/mol. The van der Waals surface area contributed by atoms with Crippen molar-refractivity contribution in [3.63, 3.8) is 0 Å². The molecule has 0 aromatic carbocycles. The van der Waals surface area contributed by atoms with Crippen LogP contribution in [0.25, 0.3) is 0 Å². The van der Waals surface area contributed by atoms with Gasteiger partial charge in [-0.25, -0.2) is 4.99 Å². The first-order chi connectivity index (χ1) is 4.72. The molecule has 3 heteroatoms. The fraction of sp³-hybridized carbons (Fsp3) is 0.571. The van der Waals surface area contributed by atoms with Gasteiger partial charge in [-0.05, 0) is 18.9 Å². The lowest BCUT2D eigenvalue weighted by Crippen LogP contribution is -1.95. The van der Waals surface area contributed by atoms with Crippen LogP contribution in [-0.2, 0) is 0 Å². The van der Waals surface area contributed by atoms with Crippen LogP contribution in [0.3, 0.4) is 0 Å². The van der Waals surface area contributed by atoms with Crippen LogP contribution in [0.15, 0.2) is 16.8 Å². The van der Waals surface area contributed by atoms with E-state index in [-0.39, 0.29) is 0 Å². The Hall–Kier alpha value is 0.0700. The summed E-state index contributed by atoms with van der Waals surface area (Å²) < 4.78 is 11.9. The van der Waals surface area contributed by atoms with Gasteiger partial charge < -0.3 is 0 Å². The number of hydrogen-bond acceptors (Lipinski definition) is 1. The molecule has 10 heavy (non-hydrogen) atoms. The number of alkyl halides is 1. The van der Waals surface area contributed by atoms with Crippen LogP contribution in [0.2, 0.25) is 0 Å². The van der Waals surface area contributed by atoms with Crippen LogP contribution in [0.1, 0.15) is 20.3 Å². The van der Waals surface area contributed by atoms with Gasteiger partial charge in [0.25, 0.3) is 0 Å². The maximum atomic E-state index is 11.4. The molecule has 0 aromatic heterocycles. The van der Waals surface area contributed by atoms with E-state index in [0.717, 1.165) is 12.0 Å². The maximum Gasteiger partial charge on any atom is 0.175 e. The van der Waals surface area contributed by atoms with Crippen molar-refractivity contribution in [3.05, 3.63) is 11.8 Å². The van der Waals surface area contributed by atoms with Crippen LogP contribution in [0.4, 0.5) is 4.39 Å². The molecule has 0 rings (SSSR count). The molecule has 0 aliphatic rings. The lowest BCUT2D eigenvalue weighted by molar-refractivity contribution is 0.839. The summed E-state index contributed by atoms with van der Waals surface area (Å²) in [6.45, 7) is 4.35. The van der Waals surface area contributed by atoms with Crippen LogP contribution in [0.5, 0.6) is 0 Å². The number of aliphatic imine (C=N–C) groups is 1. The zero-order chi connectivity index (χ0) is 7.98. The number of halogens is 2. The molecule has 0 spiro atoms. The van der Waals surface area contributed by atoms with Crippen molar-refractivity contribution in [1.82, 2.24) is 0 Å². The minimum Gasteiger partial charge on any atom is -0.235 e. The first kappa shape index (κ1) is 10.1. The van der Waals surface area contributed by atoms with Gasteiger partial charge in [0.1, 0.15) is 0 Å². The van der Waals surface area contributed by atoms with Gasteiger partial charge >= 0.3 is 0 Å². The summed E-state index contributed by atoms with van der Waals surface area (Å²) in [6, 6.07) is 0. The third-order valence-electron chi connectivity index (χ3n) is 1.19. The van der Waals surface area contributed by atoms with Gasteiger partial charge in [-0.3, -0.25) is 0 Å². The molecule has 0 bridgehead atoms. The molecule has 0 radical (unpaired) electrons. The highest BCUT2D eigenvalue weighted by Crippen LogP contribution is 2.15. The fourth-order valence-corrected chi connectivity index (χ4v) is 0.709. The molecule has 1 nitrogen and oxygen atoms in total. The molecule has 0 amide bonds. The van der Waals surface area contributed by atoms with Crippen LogP contribution in [0, 0.1) is 0 Å². The van der Waals surface area contributed by atoms with Crippen LogP contribution in [-0.4, -0.2) is 10.4 Å². The molecule has 0 aromatic rings. The average Bonchev–Trinajstić information content (AvgIpc) is 1.98. The predicted molar refractivity (Wildman–Crippen MR) is 51.5 cm³/mol. The minimum absolute atomic E-state index is 0.308. The summed E-state index contributed by atoms with van der Waals surface area (Å²) in [4.78, 5) is 3.38. The smallest absolute Gasteiger partial charge is 0.175 e. The second kappa shape index (κ2) is 5.82. The van der Waals surface area contributed by atoms with E-state index in [0.29, 0.717) is 10.4 Å². The zero-order valence-electron chi connectivity index (χ0n) is 6.14. The Labute approximate surface area is 74.6 Å². The first-order valence-electron chi connectivity index (χ1n) is 3.15. The summed E-state index contributed by atoms with van der Waals surface area (Å²) in [7, 11) is 0. The van der Waals surface area contributed by atoms with Crippen molar-refractivity contribution in [1.29, 1.82) is 0 Å². The van der Waals surface area contributed by atoms with Crippen LogP contribution >= 0.6 is 22.6 Å². The molecule has 0 saturated heterocycles. The highest BCUT2D eigenvalue weighted by molar-refractivity contribution is 14.1. The Morgan fingerprint density at radius 3 is 2.80 bits per heavy atom. The molecule has 0 N–H and O–H groups in total. The van der Waals surface area contributed by atoms with E-state index in [1.807, 2.05) is 6.92 Å². The van der Waals surface area contributed by atoms with E-state index in [9.17, 15) is 4.39 Å². The lowest BCUT2D eigenvalue weighted by Gasteiger charge is -2.03. The monoisotopic (exact) mass is 255 g/mol. The lowest BCUT2D eigenvalue weighted by atomic mass is 10.2. The topological polar surface area (TPSA) is 12.4 Å².